The number of benzene rings is 1. The van der Waals surface area contributed by atoms with Crippen LogP contribution in [0.3, 0.4) is 0 Å². The molecule has 0 atom stereocenters. The van der Waals surface area contributed by atoms with Crippen molar-refractivity contribution in [2.75, 3.05) is 0 Å². The summed E-state index contributed by atoms with van der Waals surface area (Å²) in [6, 6.07) is 5.70. The molecule has 0 amide bonds. The van der Waals surface area contributed by atoms with Gasteiger partial charge in [0.1, 0.15) is 11.3 Å². The predicted octanol–water partition coefficient (Wildman–Crippen LogP) is 3.55. The van der Waals surface area contributed by atoms with Crippen molar-refractivity contribution in [3.8, 4) is 11.6 Å². The second-order valence-electron chi connectivity index (χ2n) is 4.14. The number of hydrogen-bond donors (Lipinski definition) is 1. The summed E-state index contributed by atoms with van der Waals surface area (Å²) < 4.78 is 5.77. The Morgan fingerprint density at radius 2 is 2.14 bits per heavy atom. The van der Waals surface area contributed by atoms with E-state index in [1.807, 2.05) is 0 Å². The molecule has 1 heterocycles. The summed E-state index contributed by atoms with van der Waals surface area (Å²) in [5.41, 5.74) is 0.302. The number of rotatable bonds is 4. The Morgan fingerprint density at radius 3 is 2.76 bits per heavy atom. The number of aromatic nitrogens is 1. The van der Waals surface area contributed by atoms with Crippen LogP contribution in [0.5, 0.6) is 11.6 Å². The molecule has 1 aromatic heterocycles. The summed E-state index contributed by atoms with van der Waals surface area (Å²) in [5, 5.41) is 20.1. The van der Waals surface area contributed by atoms with Crippen molar-refractivity contribution in [2.45, 2.75) is 6.92 Å². The number of nitro groups is 1. The smallest absolute Gasteiger partial charge is 0.339 e. The summed E-state index contributed by atoms with van der Waals surface area (Å²) in [5.74, 6) is -1.46. The minimum absolute atomic E-state index is 0.000391. The number of hydrogen-bond acceptors (Lipinski definition) is 5. The van der Waals surface area contributed by atoms with Crippen LogP contribution in [0.25, 0.3) is 0 Å². The molecule has 0 aliphatic heterocycles. The molecule has 0 spiro atoms. The normalized spacial score (nSPS) is 10.2. The molecular formula is C13H9BrN2O5. The third-order valence-electron chi connectivity index (χ3n) is 2.57. The van der Waals surface area contributed by atoms with Gasteiger partial charge in [-0.15, -0.1) is 0 Å². The van der Waals surface area contributed by atoms with Crippen molar-refractivity contribution in [3.05, 3.63) is 56.2 Å². The third kappa shape index (κ3) is 3.34. The van der Waals surface area contributed by atoms with Crippen LogP contribution >= 0.6 is 15.9 Å². The highest BCUT2D eigenvalue weighted by Gasteiger charge is 2.21. The quantitative estimate of drug-likeness (QED) is 0.666. The second kappa shape index (κ2) is 5.88. The van der Waals surface area contributed by atoms with E-state index in [2.05, 4.69) is 20.9 Å². The summed E-state index contributed by atoms with van der Waals surface area (Å²) in [6.07, 6.45) is 1.33. The second-order valence-corrected chi connectivity index (χ2v) is 5.06. The maximum absolute atomic E-state index is 11.2. The fourth-order valence-corrected chi connectivity index (χ4v) is 1.94. The first-order chi connectivity index (χ1) is 9.88. The van der Waals surface area contributed by atoms with Crippen LogP contribution in [0.4, 0.5) is 5.69 Å². The van der Waals surface area contributed by atoms with Crippen molar-refractivity contribution in [1.29, 1.82) is 0 Å². The van der Waals surface area contributed by atoms with E-state index in [1.165, 1.54) is 24.4 Å². The Labute approximate surface area is 127 Å². The molecule has 7 nitrogen and oxygen atoms in total. The fourth-order valence-electron chi connectivity index (χ4n) is 1.62. The van der Waals surface area contributed by atoms with Crippen LogP contribution in [0, 0.1) is 17.0 Å². The lowest BCUT2D eigenvalue weighted by molar-refractivity contribution is -0.386. The summed E-state index contributed by atoms with van der Waals surface area (Å²) >= 11 is 3.08. The van der Waals surface area contributed by atoms with Crippen molar-refractivity contribution in [1.82, 2.24) is 4.98 Å². The SMILES string of the molecule is Cc1ccc(C(=O)O)c(Oc2ncc(Br)cc2[N+](=O)[O-])c1. The molecule has 108 valence electrons. The van der Waals surface area contributed by atoms with Gasteiger partial charge in [0.05, 0.1) is 4.92 Å². The van der Waals surface area contributed by atoms with Gasteiger partial charge in [0.25, 0.3) is 5.88 Å². The van der Waals surface area contributed by atoms with Crippen LogP contribution in [-0.4, -0.2) is 21.0 Å². The van der Waals surface area contributed by atoms with Crippen molar-refractivity contribution in [2.24, 2.45) is 0 Å². The lowest BCUT2D eigenvalue weighted by Crippen LogP contribution is -2.02. The standard InChI is InChI=1S/C13H9BrN2O5/c1-7-2-3-9(13(17)18)11(4-7)21-12-10(16(19)20)5-8(14)6-15-12/h2-6H,1H3,(H,17,18). The lowest BCUT2D eigenvalue weighted by atomic mass is 10.1. The first-order valence-corrected chi connectivity index (χ1v) is 6.49. The molecule has 0 radical (unpaired) electrons. The molecule has 2 aromatic rings. The van der Waals surface area contributed by atoms with Crippen molar-refractivity contribution in [3.63, 3.8) is 0 Å². The fraction of sp³-hybridized carbons (Fsp3) is 0.0769. The van der Waals surface area contributed by atoms with E-state index in [1.54, 1.807) is 13.0 Å². The van der Waals surface area contributed by atoms with E-state index in [4.69, 9.17) is 9.84 Å². The Bertz CT molecular complexity index is 732. The van der Waals surface area contributed by atoms with Crippen LogP contribution in [0.2, 0.25) is 0 Å². The van der Waals surface area contributed by atoms with Gasteiger partial charge in [0.2, 0.25) is 0 Å². The van der Waals surface area contributed by atoms with Crippen molar-refractivity contribution < 1.29 is 19.6 Å². The van der Waals surface area contributed by atoms with E-state index in [9.17, 15) is 14.9 Å². The number of pyridine rings is 1. The highest BCUT2D eigenvalue weighted by molar-refractivity contribution is 9.10. The molecule has 0 bridgehead atoms. The van der Waals surface area contributed by atoms with Gasteiger partial charge >= 0.3 is 11.7 Å². The van der Waals surface area contributed by atoms with Crippen LogP contribution < -0.4 is 4.74 Å². The zero-order chi connectivity index (χ0) is 15.6. The average molecular weight is 353 g/mol. The van der Waals surface area contributed by atoms with Gasteiger partial charge in [-0.3, -0.25) is 10.1 Å². The van der Waals surface area contributed by atoms with Gasteiger partial charge < -0.3 is 9.84 Å². The Kier molecular flexibility index (Phi) is 4.18. The summed E-state index contributed by atoms with van der Waals surface area (Å²) in [6.45, 7) is 1.75. The first-order valence-electron chi connectivity index (χ1n) is 5.70. The van der Waals surface area contributed by atoms with Crippen LogP contribution in [0.15, 0.2) is 34.9 Å². The van der Waals surface area contributed by atoms with E-state index >= 15 is 0 Å². The molecule has 0 unspecified atom stereocenters. The molecule has 0 aliphatic rings. The molecule has 0 fully saturated rings. The van der Waals surface area contributed by atoms with E-state index in [0.29, 0.717) is 4.47 Å². The first kappa shape index (κ1) is 14.9. The van der Waals surface area contributed by atoms with E-state index in [-0.39, 0.29) is 22.9 Å². The number of aromatic carboxylic acids is 1. The maximum Gasteiger partial charge on any atom is 0.339 e. The minimum Gasteiger partial charge on any atom is -0.478 e. The van der Waals surface area contributed by atoms with E-state index in [0.717, 1.165) is 5.56 Å². The van der Waals surface area contributed by atoms with Crippen LogP contribution in [0.1, 0.15) is 15.9 Å². The maximum atomic E-state index is 11.2. The average Bonchev–Trinajstić information content (AvgIpc) is 2.40. The highest BCUT2D eigenvalue weighted by atomic mass is 79.9. The minimum atomic E-state index is -1.19. The summed E-state index contributed by atoms with van der Waals surface area (Å²) in [7, 11) is 0. The molecule has 8 heteroatoms. The van der Waals surface area contributed by atoms with Crippen molar-refractivity contribution >= 4 is 27.6 Å². The Balaban J connectivity index is 2.50. The number of carbonyl (C=O) groups is 1. The topological polar surface area (TPSA) is 103 Å². The van der Waals surface area contributed by atoms with E-state index < -0.39 is 10.9 Å². The molecule has 0 saturated heterocycles. The third-order valence-corrected chi connectivity index (χ3v) is 3.00. The molecule has 0 saturated carbocycles. The molecule has 21 heavy (non-hydrogen) atoms. The molecule has 2 rings (SSSR count). The van der Waals surface area contributed by atoms with Gasteiger partial charge in [-0.05, 0) is 40.5 Å². The number of aryl methyl sites for hydroxylation is 1. The largest absolute Gasteiger partial charge is 0.478 e. The lowest BCUT2D eigenvalue weighted by Gasteiger charge is -2.09. The Morgan fingerprint density at radius 1 is 1.43 bits per heavy atom. The molecule has 1 N–H and O–H groups in total. The number of halogens is 1. The summed E-state index contributed by atoms with van der Waals surface area (Å²) in [4.78, 5) is 25.3. The number of nitrogens with zero attached hydrogens (tertiary/aromatic N) is 2. The predicted molar refractivity (Wildman–Crippen MR) is 76.8 cm³/mol. The van der Waals surface area contributed by atoms with Gasteiger partial charge in [0.15, 0.2) is 0 Å². The van der Waals surface area contributed by atoms with Gasteiger partial charge in [0, 0.05) is 16.7 Å². The number of ether oxygens (including phenoxy) is 1. The number of carboxylic acid groups (broad SMARTS) is 1. The monoisotopic (exact) mass is 352 g/mol. The molecule has 0 aliphatic carbocycles. The molecule has 1 aromatic carbocycles. The highest BCUT2D eigenvalue weighted by Crippen LogP contribution is 2.33. The van der Waals surface area contributed by atoms with Gasteiger partial charge in [-0.2, -0.15) is 0 Å². The molecular weight excluding hydrogens is 344 g/mol. The van der Waals surface area contributed by atoms with Crippen LogP contribution in [-0.2, 0) is 0 Å². The van der Waals surface area contributed by atoms with Gasteiger partial charge in [-0.1, -0.05) is 6.07 Å². The van der Waals surface area contributed by atoms with Gasteiger partial charge in [-0.25, -0.2) is 9.78 Å². The Hall–Kier alpha value is -2.48. The zero-order valence-corrected chi connectivity index (χ0v) is 12.3. The zero-order valence-electron chi connectivity index (χ0n) is 10.7. The number of carboxylic acids is 1.